The molecule has 122 valence electrons. The highest BCUT2D eigenvalue weighted by Crippen LogP contribution is 2.28. The maximum Gasteiger partial charge on any atom is 0.228 e. The van der Waals surface area contributed by atoms with Gasteiger partial charge in [0, 0.05) is 5.69 Å². The Bertz CT molecular complexity index is 680. The minimum atomic E-state index is -0.0506. The van der Waals surface area contributed by atoms with Crippen LogP contribution in [0.1, 0.15) is 30.9 Å². The number of ether oxygens (including phenoxy) is 2. The fraction of sp³-hybridized carbons (Fsp3) is 0.316. The number of nitrogens with one attached hydrogen (secondary N) is 1. The third-order valence-corrected chi connectivity index (χ3v) is 3.67. The summed E-state index contributed by atoms with van der Waals surface area (Å²) in [6.07, 6.45) is 0.285. The normalized spacial score (nSPS) is 10.5. The molecule has 0 atom stereocenters. The molecule has 0 aromatic heterocycles. The van der Waals surface area contributed by atoms with E-state index in [1.807, 2.05) is 42.5 Å². The lowest BCUT2D eigenvalue weighted by Gasteiger charge is -2.14. The summed E-state index contributed by atoms with van der Waals surface area (Å²) in [6, 6.07) is 13.4. The van der Waals surface area contributed by atoms with E-state index in [0.29, 0.717) is 17.4 Å². The van der Waals surface area contributed by atoms with Crippen molar-refractivity contribution in [3.63, 3.8) is 0 Å². The Morgan fingerprint density at radius 1 is 1.04 bits per heavy atom. The summed E-state index contributed by atoms with van der Waals surface area (Å²) in [5.74, 6) is 1.58. The molecule has 0 fully saturated rings. The summed E-state index contributed by atoms with van der Waals surface area (Å²) in [5, 5.41) is 3.00. The topological polar surface area (TPSA) is 47.6 Å². The van der Waals surface area contributed by atoms with Crippen molar-refractivity contribution in [1.82, 2.24) is 0 Å². The lowest BCUT2D eigenvalue weighted by Crippen LogP contribution is -2.16. The molecular formula is C19H23NO3. The molecule has 0 aliphatic rings. The van der Waals surface area contributed by atoms with E-state index in [0.717, 1.165) is 16.8 Å². The van der Waals surface area contributed by atoms with Crippen LogP contribution in [0, 0.1) is 0 Å². The van der Waals surface area contributed by atoms with Gasteiger partial charge in [-0.2, -0.15) is 0 Å². The predicted molar refractivity (Wildman–Crippen MR) is 92.4 cm³/mol. The zero-order valence-electron chi connectivity index (χ0n) is 14.1. The second kappa shape index (κ2) is 7.68. The first-order chi connectivity index (χ1) is 11.0. The van der Waals surface area contributed by atoms with Gasteiger partial charge in [-0.25, -0.2) is 0 Å². The quantitative estimate of drug-likeness (QED) is 0.876. The molecule has 0 heterocycles. The zero-order chi connectivity index (χ0) is 16.8. The first-order valence-corrected chi connectivity index (χ1v) is 7.64. The second-order valence-electron chi connectivity index (χ2n) is 5.66. The van der Waals surface area contributed by atoms with Crippen molar-refractivity contribution in [2.24, 2.45) is 0 Å². The average Bonchev–Trinajstić information content (AvgIpc) is 2.54. The van der Waals surface area contributed by atoms with Gasteiger partial charge < -0.3 is 14.8 Å². The molecule has 0 saturated carbocycles. The maximum atomic E-state index is 12.3. The molecule has 0 bridgehead atoms. The molecule has 23 heavy (non-hydrogen) atoms. The minimum Gasteiger partial charge on any atom is -0.493 e. The molecule has 1 amide bonds. The van der Waals surface area contributed by atoms with Crippen LogP contribution < -0.4 is 14.8 Å². The monoisotopic (exact) mass is 313 g/mol. The van der Waals surface area contributed by atoms with E-state index in [-0.39, 0.29) is 12.3 Å². The number of hydrogen-bond acceptors (Lipinski definition) is 3. The molecule has 0 unspecified atom stereocenters. The number of amides is 1. The third-order valence-electron chi connectivity index (χ3n) is 3.67. The van der Waals surface area contributed by atoms with Crippen LogP contribution in [0.4, 0.5) is 5.69 Å². The Balaban J connectivity index is 2.11. The van der Waals surface area contributed by atoms with E-state index in [1.54, 1.807) is 14.2 Å². The van der Waals surface area contributed by atoms with Crippen molar-refractivity contribution in [3.05, 3.63) is 53.6 Å². The van der Waals surface area contributed by atoms with E-state index in [4.69, 9.17) is 9.47 Å². The Morgan fingerprint density at radius 2 is 1.74 bits per heavy atom. The Kier molecular flexibility index (Phi) is 5.63. The van der Waals surface area contributed by atoms with E-state index in [1.165, 1.54) is 0 Å². The van der Waals surface area contributed by atoms with Crippen LogP contribution in [0.5, 0.6) is 11.5 Å². The second-order valence-corrected chi connectivity index (χ2v) is 5.66. The van der Waals surface area contributed by atoms with Crippen molar-refractivity contribution >= 4 is 11.6 Å². The molecule has 4 nitrogen and oxygen atoms in total. The molecule has 0 radical (unpaired) electrons. The predicted octanol–water partition coefficient (Wildman–Crippen LogP) is 4.01. The van der Waals surface area contributed by atoms with Gasteiger partial charge in [0.05, 0.1) is 20.6 Å². The van der Waals surface area contributed by atoms with E-state index in [9.17, 15) is 4.79 Å². The molecule has 2 rings (SSSR count). The van der Waals surface area contributed by atoms with Crippen LogP contribution in [-0.2, 0) is 11.2 Å². The van der Waals surface area contributed by atoms with Crippen molar-refractivity contribution in [2.75, 3.05) is 19.5 Å². The highest BCUT2D eigenvalue weighted by atomic mass is 16.5. The summed E-state index contributed by atoms with van der Waals surface area (Å²) in [6.45, 7) is 4.22. The molecule has 0 saturated heterocycles. The van der Waals surface area contributed by atoms with Crippen LogP contribution >= 0.6 is 0 Å². The van der Waals surface area contributed by atoms with Gasteiger partial charge in [0.2, 0.25) is 5.91 Å². The number of methoxy groups -OCH3 is 2. The smallest absolute Gasteiger partial charge is 0.228 e. The van der Waals surface area contributed by atoms with Crippen LogP contribution in [-0.4, -0.2) is 20.1 Å². The molecule has 1 N–H and O–H groups in total. The van der Waals surface area contributed by atoms with Gasteiger partial charge in [-0.1, -0.05) is 38.1 Å². The van der Waals surface area contributed by atoms with Crippen LogP contribution in [0.15, 0.2) is 42.5 Å². The highest BCUT2D eigenvalue weighted by molar-refractivity contribution is 5.93. The number of anilines is 1. The summed E-state index contributed by atoms with van der Waals surface area (Å²) in [7, 11) is 3.17. The van der Waals surface area contributed by atoms with Gasteiger partial charge in [0.1, 0.15) is 0 Å². The lowest BCUT2D eigenvalue weighted by molar-refractivity contribution is -0.115. The molecular weight excluding hydrogens is 290 g/mol. The van der Waals surface area contributed by atoms with Gasteiger partial charge in [0.15, 0.2) is 11.5 Å². The lowest BCUT2D eigenvalue weighted by atomic mass is 10.0. The minimum absolute atomic E-state index is 0.0506. The Hall–Kier alpha value is -2.49. The summed E-state index contributed by atoms with van der Waals surface area (Å²) in [5.41, 5.74) is 2.88. The van der Waals surface area contributed by atoms with Crippen molar-refractivity contribution in [2.45, 2.75) is 26.2 Å². The Labute approximate surface area is 137 Å². The number of carbonyl (C=O) groups excluding carboxylic acids is 1. The fourth-order valence-corrected chi connectivity index (χ4v) is 2.48. The Morgan fingerprint density at radius 3 is 2.39 bits per heavy atom. The molecule has 0 spiro atoms. The summed E-state index contributed by atoms with van der Waals surface area (Å²) < 4.78 is 10.5. The number of carbonyl (C=O) groups is 1. The van der Waals surface area contributed by atoms with Gasteiger partial charge in [0.25, 0.3) is 0 Å². The molecule has 2 aromatic carbocycles. The highest BCUT2D eigenvalue weighted by Gasteiger charge is 2.11. The molecule has 0 aliphatic heterocycles. The van der Waals surface area contributed by atoms with E-state index in [2.05, 4.69) is 19.2 Å². The van der Waals surface area contributed by atoms with Crippen LogP contribution in [0.2, 0.25) is 0 Å². The van der Waals surface area contributed by atoms with Gasteiger partial charge in [-0.3, -0.25) is 4.79 Å². The molecule has 4 heteroatoms. The standard InChI is InChI=1S/C19H23NO3/c1-13(2)15-7-5-6-8-16(15)20-19(21)12-14-9-10-17(22-3)18(11-14)23-4/h5-11,13H,12H2,1-4H3,(H,20,21). The van der Waals surface area contributed by atoms with Crippen LogP contribution in [0.3, 0.4) is 0 Å². The summed E-state index contributed by atoms with van der Waals surface area (Å²) in [4.78, 5) is 12.3. The number of benzene rings is 2. The van der Waals surface area contributed by atoms with E-state index >= 15 is 0 Å². The average molecular weight is 313 g/mol. The number of rotatable bonds is 6. The third kappa shape index (κ3) is 4.25. The van der Waals surface area contributed by atoms with Crippen molar-refractivity contribution in [3.8, 4) is 11.5 Å². The first kappa shape index (κ1) is 16.9. The van der Waals surface area contributed by atoms with Gasteiger partial charge >= 0.3 is 0 Å². The van der Waals surface area contributed by atoms with E-state index < -0.39 is 0 Å². The maximum absolute atomic E-state index is 12.3. The number of hydrogen-bond donors (Lipinski definition) is 1. The summed E-state index contributed by atoms with van der Waals surface area (Å²) >= 11 is 0. The van der Waals surface area contributed by atoms with Crippen LogP contribution in [0.25, 0.3) is 0 Å². The van der Waals surface area contributed by atoms with Crippen molar-refractivity contribution < 1.29 is 14.3 Å². The fourth-order valence-electron chi connectivity index (χ4n) is 2.48. The number of para-hydroxylation sites is 1. The van der Waals surface area contributed by atoms with Crippen molar-refractivity contribution in [1.29, 1.82) is 0 Å². The molecule has 2 aromatic rings. The zero-order valence-corrected chi connectivity index (χ0v) is 14.1. The van der Waals surface area contributed by atoms with Gasteiger partial charge in [-0.15, -0.1) is 0 Å². The SMILES string of the molecule is COc1ccc(CC(=O)Nc2ccccc2C(C)C)cc1OC. The first-order valence-electron chi connectivity index (χ1n) is 7.64. The largest absolute Gasteiger partial charge is 0.493 e. The molecule has 0 aliphatic carbocycles. The van der Waals surface area contributed by atoms with Gasteiger partial charge in [-0.05, 0) is 35.2 Å².